The lowest BCUT2D eigenvalue weighted by molar-refractivity contribution is 0.269. The van der Waals surface area contributed by atoms with Crippen LogP contribution in [0.15, 0.2) is 22.5 Å². The molecule has 2 N–H and O–H groups in total. The fourth-order valence-corrected chi connectivity index (χ4v) is 2.73. The van der Waals surface area contributed by atoms with Crippen molar-refractivity contribution < 1.29 is 0 Å². The Hall–Kier alpha value is -1.07. The van der Waals surface area contributed by atoms with E-state index < -0.39 is 0 Å². The Labute approximate surface area is 140 Å². The average Bonchev–Trinajstić information content (AvgIpc) is 2.99. The van der Waals surface area contributed by atoms with Gasteiger partial charge in [0.05, 0.1) is 0 Å². The normalized spacial score (nSPS) is 12.2. The predicted molar refractivity (Wildman–Crippen MR) is 99.0 cm³/mol. The first kappa shape index (κ1) is 19.0. The Morgan fingerprint density at radius 3 is 2.77 bits per heavy atom. The topological polar surface area (TPSA) is 39.7 Å². The molecule has 1 aromatic rings. The molecule has 4 nitrogen and oxygen atoms in total. The van der Waals surface area contributed by atoms with Crippen LogP contribution in [0, 0.1) is 0 Å². The summed E-state index contributed by atoms with van der Waals surface area (Å²) in [5.74, 6) is 0.941. The van der Waals surface area contributed by atoms with Crippen molar-refractivity contribution in [2.24, 2.45) is 4.99 Å². The van der Waals surface area contributed by atoms with E-state index in [0.717, 1.165) is 45.0 Å². The number of hydrogen-bond donors (Lipinski definition) is 2. The van der Waals surface area contributed by atoms with E-state index in [2.05, 4.69) is 65.9 Å². The summed E-state index contributed by atoms with van der Waals surface area (Å²) in [7, 11) is 2.18. The molecule has 22 heavy (non-hydrogen) atoms. The molecule has 0 amide bonds. The minimum absolute atomic E-state index is 0.625. The number of guanidine groups is 1. The summed E-state index contributed by atoms with van der Waals surface area (Å²) < 4.78 is 0. The Morgan fingerprint density at radius 2 is 2.14 bits per heavy atom. The minimum atomic E-state index is 0.625. The van der Waals surface area contributed by atoms with Gasteiger partial charge in [0.25, 0.3) is 0 Å². The van der Waals surface area contributed by atoms with Crippen molar-refractivity contribution in [1.29, 1.82) is 0 Å². The Bertz CT molecular complexity index is 401. The van der Waals surface area contributed by atoms with Crippen LogP contribution in [-0.2, 0) is 6.42 Å². The molecule has 1 heterocycles. The second-order valence-corrected chi connectivity index (χ2v) is 6.83. The van der Waals surface area contributed by atoms with Gasteiger partial charge >= 0.3 is 0 Å². The van der Waals surface area contributed by atoms with Crippen LogP contribution in [-0.4, -0.2) is 50.1 Å². The van der Waals surface area contributed by atoms with E-state index in [0.29, 0.717) is 6.04 Å². The molecule has 1 rings (SSSR count). The van der Waals surface area contributed by atoms with Crippen LogP contribution in [0.3, 0.4) is 0 Å². The Balaban J connectivity index is 2.20. The molecule has 0 saturated heterocycles. The van der Waals surface area contributed by atoms with Crippen molar-refractivity contribution in [1.82, 2.24) is 15.5 Å². The highest BCUT2D eigenvalue weighted by molar-refractivity contribution is 7.09. The minimum Gasteiger partial charge on any atom is -0.357 e. The van der Waals surface area contributed by atoms with Crippen LogP contribution in [0.25, 0.3) is 0 Å². The van der Waals surface area contributed by atoms with Crippen molar-refractivity contribution in [2.45, 2.75) is 46.1 Å². The van der Waals surface area contributed by atoms with E-state index in [-0.39, 0.29) is 0 Å². The van der Waals surface area contributed by atoms with Crippen molar-refractivity contribution in [3.8, 4) is 0 Å². The molecule has 1 aromatic heterocycles. The number of thiophene rings is 1. The summed E-state index contributed by atoms with van der Waals surface area (Å²) in [4.78, 5) is 8.45. The van der Waals surface area contributed by atoms with Crippen molar-refractivity contribution in [3.63, 3.8) is 0 Å². The first-order valence-corrected chi connectivity index (χ1v) is 9.26. The summed E-state index contributed by atoms with van der Waals surface area (Å²) in [5, 5.41) is 8.85. The van der Waals surface area contributed by atoms with E-state index in [1.807, 2.05) is 11.3 Å². The highest BCUT2D eigenvalue weighted by Gasteiger charge is 2.02. The largest absolute Gasteiger partial charge is 0.357 e. The van der Waals surface area contributed by atoms with Gasteiger partial charge in [-0.1, -0.05) is 6.07 Å². The molecular formula is C17H32N4S. The smallest absolute Gasteiger partial charge is 0.191 e. The van der Waals surface area contributed by atoms with Gasteiger partial charge in [0.15, 0.2) is 5.96 Å². The zero-order valence-electron chi connectivity index (χ0n) is 14.6. The number of nitrogens with one attached hydrogen (secondary N) is 2. The molecule has 0 spiro atoms. The third kappa shape index (κ3) is 8.39. The second-order valence-electron chi connectivity index (χ2n) is 5.80. The average molecular weight is 325 g/mol. The van der Waals surface area contributed by atoms with E-state index in [4.69, 9.17) is 0 Å². The van der Waals surface area contributed by atoms with Gasteiger partial charge in [-0.2, -0.15) is 0 Å². The fraction of sp³-hybridized carbons (Fsp3) is 0.706. The molecule has 0 atom stereocenters. The third-order valence-corrected chi connectivity index (χ3v) is 4.59. The number of unbranched alkanes of at least 4 members (excludes halogenated alkanes) is 1. The fourth-order valence-electron chi connectivity index (χ4n) is 2.02. The highest BCUT2D eigenvalue weighted by Crippen LogP contribution is 2.07. The van der Waals surface area contributed by atoms with Gasteiger partial charge in [-0.15, -0.1) is 11.3 Å². The zero-order chi connectivity index (χ0) is 16.2. The first-order chi connectivity index (χ1) is 10.6. The molecule has 0 aliphatic carbocycles. The summed E-state index contributed by atoms with van der Waals surface area (Å²) in [6, 6.07) is 4.91. The van der Waals surface area contributed by atoms with Crippen LogP contribution in [0.2, 0.25) is 0 Å². The van der Waals surface area contributed by atoms with Gasteiger partial charge < -0.3 is 15.5 Å². The lowest BCUT2D eigenvalue weighted by Gasteiger charge is -2.20. The Morgan fingerprint density at radius 1 is 1.32 bits per heavy atom. The van der Waals surface area contributed by atoms with Gasteiger partial charge in [-0.25, -0.2) is 0 Å². The molecule has 0 aliphatic heterocycles. The van der Waals surface area contributed by atoms with E-state index in [9.17, 15) is 0 Å². The van der Waals surface area contributed by atoms with Crippen molar-refractivity contribution in [2.75, 3.05) is 33.2 Å². The molecule has 0 fully saturated rings. The van der Waals surface area contributed by atoms with Crippen molar-refractivity contribution in [3.05, 3.63) is 22.4 Å². The molecule has 0 bridgehead atoms. The molecule has 0 radical (unpaired) electrons. The van der Waals surface area contributed by atoms with Crippen molar-refractivity contribution >= 4 is 17.3 Å². The van der Waals surface area contributed by atoms with Crippen LogP contribution in [0.1, 0.15) is 38.5 Å². The predicted octanol–water partition coefficient (Wildman–Crippen LogP) is 2.97. The molecule has 0 unspecified atom stereocenters. The summed E-state index contributed by atoms with van der Waals surface area (Å²) in [5.41, 5.74) is 0. The summed E-state index contributed by atoms with van der Waals surface area (Å²) in [6.07, 6.45) is 3.40. The molecule has 126 valence electrons. The Kier molecular flexibility index (Phi) is 9.91. The maximum Gasteiger partial charge on any atom is 0.191 e. The van der Waals surface area contributed by atoms with Gasteiger partial charge in [-0.05, 0) is 65.1 Å². The number of aliphatic imine (C=N–C) groups is 1. The van der Waals surface area contributed by atoms with Gasteiger partial charge in [0, 0.05) is 30.6 Å². The SMILES string of the molecule is CCNC(=NCCCCN(C)C(C)C)NCCc1cccs1. The van der Waals surface area contributed by atoms with E-state index >= 15 is 0 Å². The van der Waals surface area contributed by atoms with Crippen LogP contribution < -0.4 is 10.6 Å². The highest BCUT2D eigenvalue weighted by atomic mass is 32.1. The number of rotatable bonds is 10. The lowest BCUT2D eigenvalue weighted by atomic mass is 10.2. The van der Waals surface area contributed by atoms with Gasteiger partial charge in [0.1, 0.15) is 0 Å². The maximum atomic E-state index is 4.65. The maximum absolute atomic E-state index is 4.65. The zero-order valence-corrected chi connectivity index (χ0v) is 15.4. The van der Waals surface area contributed by atoms with E-state index in [1.165, 1.54) is 11.3 Å². The first-order valence-electron chi connectivity index (χ1n) is 8.38. The molecule has 0 aliphatic rings. The molecule has 0 saturated carbocycles. The number of hydrogen-bond acceptors (Lipinski definition) is 3. The third-order valence-electron chi connectivity index (χ3n) is 3.66. The molecule has 5 heteroatoms. The van der Waals surface area contributed by atoms with Gasteiger partial charge in [0.2, 0.25) is 0 Å². The van der Waals surface area contributed by atoms with Crippen LogP contribution in [0.4, 0.5) is 0 Å². The van der Waals surface area contributed by atoms with Crippen LogP contribution in [0.5, 0.6) is 0 Å². The number of nitrogens with zero attached hydrogens (tertiary/aromatic N) is 2. The quantitative estimate of drug-likeness (QED) is 0.395. The lowest BCUT2D eigenvalue weighted by Crippen LogP contribution is -2.38. The van der Waals surface area contributed by atoms with Gasteiger partial charge in [-0.3, -0.25) is 4.99 Å². The monoisotopic (exact) mass is 324 g/mol. The second kappa shape index (κ2) is 11.5. The van der Waals surface area contributed by atoms with E-state index in [1.54, 1.807) is 0 Å². The van der Waals surface area contributed by atoms with Crippen LogP contribution >= 0.6 is 11.3 Å². The molecule has 0 aromatic carbocycles. The summed E-state index contributed by atoms with van der Waals surface area (Å²) >= 11 is 1.81. The molecular weight excluding hydrogens is 292 g/mol. The standard InChI is InChI=1S/C17H32N4S/c1-5-18-17(20-12-10-16-9-8-14-22-16)19-11-6-7-13-21(4)15(2)3/h8-9,14-15H,5-7,10-13H2,1-4H3,(H2,18,19,20). The summed E-state index contributed by atoms with van der Waals surface area (Å²) in [6.45, 7) is 10.4.